The third-order valence-electron chi connectivity index (χ3n) is 1.82. The number of methoxy groups -OCH3 is 1. The number of ether oxygens (including phenoxy) is 2. The lowest BCUT2D eigenvalue weighted by atomic mass is 10.1. The highest BCUT2D eigenvalue weighted by atomic mass is 19.3. The molecule has 0 bridgehead atoms. The van der Waals surface area contributed by atoms with E-state index in [4.69, 9.17) is 4.74 Å². The second-order valence-corrected chi connectivity index (χ2v) is 2.89. The Morgan fingerprint density at radius 1 is 1.33 bits per heavy atom. The summed E-state index contributed by atoms with van der Waals surface area (Å²) >= 11 is 0. The van der Waals surface area contributed by atoms with E-state index in [-0.39, 0.29) is 12.4 Å². The molecule has 1 N–H and O–H groups in total. The molecule has 0 aromatic heterocycles. The number of halogens is 2. The van der Waals surface area contributed by atoms with Crippen molar-refractivity contribution >= 4 is 0 Å². The second kappa shape index (κ2) is 5.63. The SMILES string of the molecule is COCC(O)c1ccccc1OC(F)F. The summed E-state index contributed by atoms with van der Waals surface area (Å²) < 4.78 is 33.0. The fourth-order valence-electron chi connectivity index (χ4n) is 1.21. The molecule has 0 heterocycles. The molecule has 3 nitrogen and oxygen atoms in total. The molecule has 0 spiro atoms. The van der Waals surface area contributed by atoms with Crippen molar-refractivity contribution in [3.63, 3.8) is 0 Å². The summed E-state index contributed by atoms with van der Waals surface area (Å²) in [5.74, 6) is -0.0305. The van der Waals surface area contributed by atoms with E-state index in [2.05, 4.69) is 4.74 Å². The largest absolute Gasteiger partial charge is 0.434 e. The molecule has 0 saturated carbocycles. The summed E-state index contributed by atoms with van der Waals surface area (Å²) in [5, 5.41) is 9.56. The molecule has 0 aliphatic heterocycles. The fourth-order valence-corrected chi connectivity index (χ4v) is 1.21. The zero-order valence-electron chi connectivity index (χ0n) is 8.19. The van der Waals surface area contributed by atoms with E-state index in [1.54, 1.807) is 12.1 Å². The Balaban J connectivity index is 2.85. The van der Waals surface area contributed by atoms with Gasteiger partial charge in [-0.05, 0) is 6.07 Å². The highest BCUT2D eigenvalue weighted by molar-refractivity contribution is 5.35. The van der Waals surface area contributed by atoms with E-state index in [1.807, 2.05) is 0 Å². The zero-order chi connectivity index (χ0) is 11.3. The molecule has 0 fully saturated rings. The third-order valence-corrected chi connectivity index (χ3v) is 1.82. The Morgan fingerprint density at radius 2 is 2.00 bits per heavy atom. The van der Waals surface area contributed by atoms with Crippen LogP contribution in [0.15, 0.2) is 24.3 Å². The first kappa shape index (κ1) is 11.9. The molecule has 0 amide bonds. The van der Waals surface area contributed by atoms with Crippen molar-refractivity contribution in [2.45, 2.75) is 12.7 Å². The van der Waals surface area contributed by atoms with Gasteiger partial charge in [-0.3, -0.25) is 0 Å². The maximum atomic E-state index is 12.0. The van der Waals surface area contributed by atoms with Crippen LogP contribution in [0.1, 0.15) is 11.7 Å². The van der Waals surface area contributed by atoms with Gasteiger partial charge in [-0.15, -0.1) is 0 Å². The fraction of sp³-hybridized carbons (Fsp3) is 0.400. The summed E-state index contributed by atoms with van der Waals surface area (Å²) in [4.78, 5) is 0. The van der Waals surface area contributed by atoms with Crippen LogP contribution >= 0.6 is 0 Å². The average molecular weight is 218 g/mol. The highest BCUT2D eigenvalue weighted by Crippen LogP contribution is 2.26. The second-order valence-electron chi connectivity index (χ2n) is 2.89. The van der Waals surface area contributed by atoms with Crippen LogP contribution in [0.25, 0.3) is 0 Å². The Labute approximate surface area is 86.2 Å². The van der Waals surface area contributed by atoms with E-state index in [0.717, 1.165) is 0 Å². The molecule has 1 aromatic carbocycles. The van der Waals surface area contributed by atoms with Gasteiger partial charge in [-0.25, -0.2) is 0 Å². The molecule has 1 rings (SSSR count). The number of benzene rings is 1. The minimum absolute atomic E-state index is 0.0305. The molecular formula is C10H12F2O3. The summed E-state index contributed by atoms with van der Waals surface area (Å²) in [6.07, 6.45) is -0.968. The van der Waals surface area contributed by atoms with Gasteiger partial charge in [0.25, 0.3) is 0 Å². The van der Waals surface area contributed by atoms with Gasteiger partial charge in [0.15, 0.2) is 0 Å². The van der Waals surface area contributed by atoms with Crippen LogP contribution in [0.4, 0.5) is 8.78 Å². The maximum absolute atomic E-state index is 12.0. The van der Waals surface area contributed by atoms with Crippen LogP contribution < -0.4 is 4.74 Å². The van der Waals surface area contributed by atoms with Gasteiger partial charge < -0.3 is 14.6 Å². The predicted molar refractivity (Wildman–Crippen MR) is 49.9 cm³/mol. The lowest BCUT2D eigenvalue weighted by molar-refractivity contribution is -0.0523. The van der Waals surface area contributed by atoms with Crippen molar-refractivity contribution in [3.05, 3.63) is 29.8 Å². The maximum Gasteiger partial charge on any atom is 0.387 e. The van der Waals surface area contributed by atoms with Gasteiger partial charge in [0, 0.05) is 12.7 Å². The normalized spacial score (nSPS) is 12.9. The topological polar surface area (TPSA) is 38.7 Å². The summed E-state index contributed by atoms with van der Waals surface area (Å²) in [5.41, 5.74) is 0.291. The number of rotatable bonds is 5. The molecule has 0 aliphatic rings. The Bertz CT molecular complexity index is 304. The summed E-state index contributed by atoms with van der Waals surface area (Å²) in [6, 6.07) is 6.08. The average Bonchev–Trinajstić information content (AvgIpc) is 2.18. The number of aliphatic hydroxyl groups excluding tert-OH is 1. The van der Waals surface area contributed by atoms with Gasteiger partial charge >= 0.3 is 6.61 Å². The minimum Gasteiger partial charge on any atom is -0.434 e. The zero-order valence-corrected chi connectivity index (χ0v) is 8.19. The van der Waals surface area contributed by atoms with Crippen molar-refractivity contribution in [1.82, 2.24) is 0 Å². The third kappa shape index (κ3) is 3.45. The molecule has 1 atom stereocenters. The minimum atomic E-state index is -2.90. The molecule has 0 radical (unpaired) electrons. The monoisotopic (exact) mass is 218 g/mol. The molecule has 1 unspecified atom stereocenters. The standard InChI is InChI=1S/C10H12F2O3/c1-14-6-8(13)7-4-2-3-5-9(7)15-10(11)12/h2-5,8,10,13H,6H2,1H3. The van der Waals surface area contributed by atoms with E-state index in [1.165, 1.54) is 19.2 Å². The van der Waals surface area contributed by atoms with Crippen molar-refractivity contribution in [2.24, 2.45) is 0 Å². The molecule has 15 heavy (non-hydrogen) atoms. The van der Waals surface area contributed by atoms with E-state index in [0.29, 0.717) is 5.56 Å². The Kier molecular flexibility index (Phi) is 4.45. The van der Waals surface area contributed by atoms with Crippen LogP contribution in [-0.4, -0.2) is 25.4 Å². The first-order chi connectivity index (χ1) is 7.15. The Hall–Kier alpha value is -1.20. The van der Waals surface area contributed by atoms with Crippen LogP contribution in [-0.2, 0) is 4.74 Å². The van der Waals surface area contributed by atoms with E-state index in [9.17, 15) is 13.9 Å². The first-order valence-electron chi connectivity index (χ1n) is 4.36. The van der Waals surface area contributed by atoms with Crippen molar-refractivity contribution in [2.75, 3.05) is 13.7 Å². The van der Waals surface area contributed by atoms with Crippen molar-refractivity contribution in [1.29, 1.82) is 0 Å². The lowest BCUT2D eigenvalue weighted by Crippen LogP contribution is -2.10. The van der Waals surface area contributed by atoms with E-state index >= 15 is 0 Å². The summed E-state index contributed by atoms with van der Waals surface area (Å²) in [7, 11) is 1.42. The number of para-hydroxylation sites is 1. The molecule has 1 aromatic rings. The summed E-state index contributed by atoms with van der Waals surface area (Å²) in [6.45, 7) is -2.87. The van der Waals surface area contributed by atoms with E-state index < -0.39 is 12.7 Å². The number of aliphatic hydroxyl groups is 1. The van der Waals surface area contributed by atoms with Crippen LogP contribution in [0.3, 0.4) is 0 Å². The number of hydrogen-bond donors (Lipinski definition) is 1. The molecule has 84 valence electrons. The van der Waals surface area contributed by atoms with Gasteiger partial charge in [0.2, 0.25) is 0 Å². The molecule has 0 aliphatic carbocycles. The van der Waals surface area contributed by atoms with Gasteiger partial charge in [0.1, 0.15) is 11.9 Å². The smallest absolute Gasteiger partial charge is 0.387 e. The quantitative estimate of drug-likeness (QED) is 0.821. The van der Waals surface area contributed by atoms with Gasteiger partial charge in [-0.2, -0.15) is 8.78 Å². The number of alkyl halides is 2. The first-order valence-corrected chi connectivity index (χ1v) is 4.36. The van der Waals surface area contributed by atoms with Gasteiger partial charge in [-0.1, -0.05) is 18.2 Å². The van der Waals surface area contributed by atoms with Crippen molar-refractivity contribution < 1.29 is 23.4 Å². The Morgan fingerprint density at radius 3 is 2.60 bits per heavy atom. The molecule has 0 saturated heterocycles. The van der Waals surface area contributed by atoms with Crippen molar-refractivity contribution in [3.8, 4) is 5.75 Å². The highest BCUT2D eigenvalue weighted by Gasteiger charge is 2.15. The number of hydrogen-bond acceptors (Lipinski definition) is 3. The van der Waals surface area contributed by atoms with Crippen LogP contribution in [0.2, 0.25) is 0 Å². The van der Waals surface area contributed by atoms with Gasteiger partial charge in [0.05, 0.1) is 6.61 Å². The van der Waals surface area contributed by atoms with Crippen LogP contribution in [0.5, 0.6) is 5.75 Å². The molecule has 5 heteroatoms. The lowest BCUT2D eigenvalue weighted by Gasteiger charge is -2.14. The molecular weight excluding hydrogens is 206 g/mol. The van der Waals surface area contributed by atoms with Crippen LogP contribution in [0, 0.1) is 0 Å². The predicted octanol–water partition coefficient (Wildman–Crippen LogP) is 1.97.